The van der Waals surface area contributed by atoms with Gasteiger partial charge in [0.05, 0.1) is 12.2 Å². The highest BCUT2D eigenvalue weighted by molar-refractivity contribution is 5.22. The number of likely N-dealkylation sites (tertiary alicyclic amines) is 1. The van der Waals surface area contributed by atoms with Gasteiger partial charge in [-0.1, -0.05) is 24.3 Å². The van der Waals surface area contributed by atoms with Crippen LogP contribution in [0.5, 0.6) is 0 Å². The van der Waals surface area contributed by atoms with Gasteiger partial charge in [0.15, 0.2) is 0 Å². The molecule has 24 heavy (non-hydrogen) atoms. The number of aliphatic hydroxyl groups is 2. The summed E-state index contributed by atoms with van der Waals surface area (Å²) in [7, 11) is 0. The number of piperidine rings is 1. The van der Waals surface area contributed by atoms with Crippen molar-refractivity contribution < 1.29 is 14.9 Å². The van der Waals surface area contributed by atoms with Crippen LogP contribution in [0, 0.1) is 0 Å². The number of rotatable bonds is 10. The second-order valence-corrected chi connectivity index (χ2v) is 6.59. The summed E-state index contributed by atoms with van der Waals surface area (Å²) in [5.41, 5.74) is 2.54. The lowest BCUT2D eigenvalue weighted by Crippen LogP contribution is -2.35. The predicted molar refractivity (Wildman–Crippen MR) is 95.8 cm³/mol. The van der Waals surface area contributed by atoms with E-state index in [4.69, 9.17) is 4.74 Å². The molecule has 1 atom stereocenters. The summed E-state index contributed by atoms with van der Waals surface area (Å²) in [6.07, 6.45) is 1.97. The molecule has 5 nitrogen and oxygen atoms in total. The number of nitrogens with zero attached hydrogens (tertiary/aromatic N) is 1. The molecule has 1 aliphatic rings. The molecule has 136 valence electrons. The third kappa shape index (κ3) is 7.28. The maximum absolute atomic E-state index is 9.83. The lowest BCUT2D eigenvalue weighted by molar-refractivity contribution is 0.0792. The van der Waals surface area contributed by atoms with Crippen LogP contribution in [0.15, 0.2) is 24.3 Å². The quantitative estimate of drug-likeness (QED) is 0.566. The van der Waals surface area contributed by atoms with Crippen molar-refractivity contribution in [2.75, 3.05) is 32.8 Å². The van der Waals surface area contributed by atoms with Crippen LogP contribution in [0.2, 0.25) is 0 Å². The molecule has 0 aliphatic carbocycles. The van der Waals surface area contributed by atoms with Crippen molar-refractivity contribution in [1.82, 2.24) is 10.2 Å². The second kappa shape index (κ2) is 10.8. The summed E-state index contributed by atoms with van der Waals surface area (Å²) in [6.45, 7) is 7.53. The number of ether oxygens (including phenoxy) is 1. The van der Waals surface area contributed by atoms with Crippen molar-refractivity contribution in [3.05, 3.63) is 35.4 Å². The first kappa shape index (κ1) is 19.3. The van der Waals surface area contributed by atoms with Crippen LogP contribution in [0.3, 0.4) is 0 Å². The molecule has 1 saturated heterocycles. The van der Waals surface area contributed by atoms with Crippen LogP contribution in [0.1, 0.15) is 37.3 Å². The molecule has 1 heterocycles. The van der Waals surface area contributed by atoms with Gasteiger partial charge in [0.25, 0.3) is 0 Å². The number of aliphatic hydroxyl groups excluding tert-OH is 2. The molecule has 0 amide bonds. The van der Waals surface area contributed by atoms with Crippen LogP contribution in [0.4, 0.5) is 0 Å². The van der Waals surface area contributed by atoms with Crippen molar-refractivity contribution in [2.45, 2.75) is 51.5 Å². The Morgan fingerprint density at radius 3 is 2.54 bits per heavy atom. The number of nitrogens with one attached hydrogen (secondary N) is 1. The Bertz CT molecular complexity index is 444. The summed E-state index contributed by atoms with van der Waals surface area (Å²) in [5.74, 6) is 0. The molecular weight excluding hydrogens is 304 g/mol. The van der Waals surface area contributed by atoms with Gasteiger partial charge in [0.2, 0.25) is 0 Å². The van der Waals surface area contributed by atoms with Crippen molar-refractivity contribution in [3.8, 4) is 0 Å². The lowest BCUT2D eigenvalue weighted by Gasteiger charge is -2.29. The molecule has 1 unspecified atom stereocenters. The minimum atomic E-state index is -0.356. The largest absolute Gasteiger partial charge is 0.393 e. The molecule has 0 aromatic heterocycles. The zero-order chi connectivity index (χ0) is 17.2. The molecular formula is C19H32N2O3. The second-order valence-electron chi connectivity index (χ2n) is 6.59. The average Bonchev–Trinajstić information content (AvgIpc) is 2.59. The third-order valence-corrected chi connectivity index (χ3v) is 4.49. The van der Waals surface area contributed by atoms with E-state index in [2.05, 4.69) is 34.5 Å². The molecule has 3 N–H and O–H groups in total. The van der Waals surface area contributed by atoms with Gasteiger partial charge < -0.3 is 20.3 Å². The molecule has 0 bridgehead atoms. The molecule has 1 aliphatic heterocycles. The van der Waals surface area contributed by atoms with Gasteiger partial charge in [-0.15, -0.1) is 0 Å². The Labute approximate surface area is 145 Å². The Hall–Kier alpha value is -0.980. The first-order valence-corrected chi connectivity index (χ1v) is 9.12. The van der Waals surface area contributed by atoms with Crippen LogP contribution >= 0.6 is 0 Å². The third-order valence-electron chi connectivity index (χ3n) is 4.49. The van der Waals surface area contributed by atoms with Crippen LogP contribution < -0.4 is 5.32 Å². The van der Waals surface area contributed by atoms with E-state index in [0.29, 0.717) is 26.2 Å². The maximum Gasteiger partial charge on any atom is 0.0686 e. The summed E-state index contributed by atoms with van der Waals surface area (Å²) >= 11 is 0. The first-order valence-electron chi connectivity index (χ1n) is 9.12. The summed E-state index contributed by atoms with van der Waals surface area (Å²) in [4.78, 5) is 2.40. The maximum atomic E-state index is 9.83. The molecule has 2 rings (SSSR count). The highest BCUT2D eigenvalue weighted by Gasteiger charge is 2.16. The predicted octanol–water partition coefficient (Wildman–Crippen LogP) is 1.52. The standard InChI is InChI=1S/C19H32N2O3/c1-2-24-12-9-19(23)14-20-13-16-3-5-17(6-4-16)15-21-10-7-18(22)8-11-21/h3-6,18-20,22-23H,2,7-15H2,1H3. The molecule has 5 heteroatoms. The molecule has 1 fully saturated rings. The molecule has 1 aromatic rings. The number of benzene rings is 1. The lowest BCUT2D eigenvalue weighted by atomic mass is 10.1. The zero-order valence-corrected chi connectivity index (χ0v) is 14.8. The van der Waals surface area contributed by atoms with E-state index in [1.54, 1.807) is 0 Å². The van der Waals surface area contributed by atoms with Crippen molar-refractivity contribution in [3.63, 3.8) is 0 Å². The van der Waals surface area contributed by atoms with Gasteiger partial charge in [-0.2, -0.15) is 0 Å². The van der Waals surface area contributed by atoms with E-state index in [1.807, 2.05) is 6.92 Å². The Balaban J connectivity index is 1.64. The van der Waals surface area contributed by atoms with Gasteiger partial charge in [0.1, 0.15) is 0 Å². The minimum absolute atomic E-state index is 0.112. The number of hydrogen-bond acceptors (Lipinski definition) is 5. The van der Waals surface area contributed by atoms with Gasteiger partial charge in [-0.25, -0.2) is 0 Å². The zero-order valence-electron chi connectivity index (χ0n) is 14.8. The smallest absolute Gasteiger partial charge is 0.0686 e. The number of hydrogen-bond donors (Lipinski definition) is 3. The van der Waals surface area contributed by atoms with E-state index in [0.717, 1.165) is 39.0 Å². The fourth-order valence-electron chi connectivity index (χ4n) is 2.95. The van der Waals surface area contributed by atoms with Gasteiger partial charge in [-0.3, -0.25) is 4.90 Å². The summed E-state index contributed by atoms with van der Waals surface area (Å²) in [5, 5.41) is 22.7. The highest BCUT2D eigenvalue weighted by atomic mass is 16.5. The molecule has 0 radical (unpaired) electrons. The van der Waals surface area contributed by atoms with E-state index in [9.17, 15) is 10.2 Å². The topological polar surface area (TPSA) is 65.0 Å². The van der Waals surface area contributed by atoms with Gasteiger partial charge in [-0.05, 0) is 37.3 Å². The van der Waals surface area contributed by atoms with E-state index >= 15 is 0 Å². The Morgan fingerprint density at radius 2 is 1.88 bits per heavy atom. The van der Waals surface area contributed by atoms with Crippen LogP contribution in [0.25, 0.3) is 0 Å². The van der Waals surface area contributed by atoms with Crippen molar-refractivity contribution in [1.29, 1.82) is 0 Å². The Morgan fingerprint density at radius 1 is 1.21 bits per heavy atom. The van der Waals surface area contributed by atoms with Gasteiger partial charge in [0, 0.05) is 45.9 Å². The van der Waals surface area contributed by atoms with Crippen molar-refractivity contribution in [2.24, 2.45) is 0 Å². The van der Waals surface area contributed by atoms with E-state index in [-0.39, 0.29) is 12.2 Å². The Kier molecular flexibility index (Phi) is 8.70. The van der Waals surface area contributed by atoms with Crippen molar-refractivity contribution >= 4 is 0 Å². The average molecular weight is 336 g/mol. The van der Waals surface area contributed by atoms with Crippen LogP contribution in [-0.4, -0.2) is 60.2 Å². The highest BCUT2D eigenvalue weighted by Crippen LogP contribution is 2.14. The van der Waals surface area contributed by atoms with E-state index < -0.39 is 0 Å². The fraction of sp³-hybridized carbons (Fsp3) is 0.684. The first-order chi connectivity index (χ1) is 11.7. The minimum Gasteiger partial charge on any atom is -0.393 e. The summed E-state index contributed by atoms with van der Waals surface area (Å²) in [6, 6.07) is 8.64. The SMILES string of the molecule is CCOCCC(O)CNCc1ccc(CN2CCC(O)CC2)cc1. The summed E-state index contributed by atoms with van der Waals surface area (Å²) < 4.78 is 5.24. The van der Waals surface area contributed by atoms with E-state index in [1.165, 1.54) is 11.1 Å². The fourth-order valence-corrected chi connectivity index (χ4v) is 2.95. The normalized spacial score (nSPS) is 18.0. The van der Waals surface area contributed by atoms with Gasteiger partial charge >= 0.3 is 0 Å². The molecule has 1 aromatic carbocycles. The molecule has 0 saturated carbocycles. The molecule has 0 spiro atoms. The van der Waals surface area contributed by atoms with Crippen LogP contribution in [-0.2, 0) is 17.8 Å². The monoisotopic (exact) mass is 336 g/mol.